The molecule has 32 heavy (non-hydrogen) atoms. The molecule has 0 saturated heterocycles. The Morgan fingerprint density at radius 2 is 1.41 bits per heavy atom. The van der Waals surface area contributed by atoms with Crippen LogP contribution in [0.1, 0.15) is 53.9 Å². The van der Waals surface area contributed by atoms with Gasteiger partial charge in [-0.25, -0.2) is 4.79 Å². The molecule has 0 bridgehead atoms. The van der Waals surface area contributed by atoms with Crippen LogP contribution in [0.5, 0.6) is 0 Å². The van der Waals surface area contributed by atoms with Gasteiger partial charge < -0.3 is 37.6 Å². The molecule has 0 aliphatic rings. The maximum atomic E-state index is 12.8. The second-order valence-electron chi connectivity index (χ2n) is 8.40. The van der Waals surface area contributed by atoms with Crippen LogP contribution in [0.4, 0.5) is 0 Å². The number of nitrogens with two attached hydrogens (primary N) is 2. The molecular formula is C20H37N5O7. The highest BCUT2D eigenvalue weighted by atomic mass is 16.4. The lowest BCUT2D eigenvalue weighted by Crippen LogP contribution is -2.60. The van der Waals surface area contributed by atoms with Crippen LogP contribution in [0, 0.1) is 11.8 Å². The molecule has 0 aromatic carbocycles. The fourth-order valence-electron chi connectivity index (χ4n) is 2.81. The van der Waals surface area contributed by atoms with Crippen LogP contribution < -0.4 is 27.4 Å². The number of carbonyl (C=O) groups is 5. The Labute approximate surface area is 187 Å². The third-order valence-corrected chi connectivity index (χ3v) is 4.98. The van der Waals surface area contributed by atoms with E-state index in [1.165, 1.54) is 6.92 Å². The summed E-state index contributed by atoms with van der Waals surface area (Å²) in [4.78, 5) is 60.7. The molecule has 9 N–H and O–H groups in total. The molecule has 184 valence electrons. The quantitative estimate of drug-likeness (QED) is 0.157. The number of hydrogen-bond acceptors (Lipinski definition) is 7. The smallest absolute Gasteiger partial charge is 0.326 e. The van der Waals surface area contributed by atoms with Crippen LogP contribution in [0.3, 0.4) is 0 Å². The van der Waals surface area contributed by atoms with E-state index in [2.05, 4.69) is 16.0 Å². The lowest BCUT2D eigenvalue weighted by Gasteiger charge is -2.28. The molecule has 0 rings (SSSR count). The van der Waals surface area contributed by atoms with E-state index in [1.807, 2.05) is 13.8 Å². The Bertz CT molecular complexity index is 683. The van der Waals surface area contributed by atoms with E-state index in [4.69, 9.17) is 11.5 Å². The van der Waals surface area contributed by atoms with Gasteiger partial charge in [0.15, 0.2) is 0 Å². The molecule has 0 heterocycles. The summed E-state index contributed by atoms with van der Waals surface area (Å²) in [5.74, 6) is -4.93. The highest BCUT2D eigenvalue weighted by Gasteiger charge is 2.33. The number of carboxylic acids is 1. The summed E-state index contributed by atoms with van der Waals surface area (Å²) in [5, 5.41) is 26.0. The lowest BCUT2D eigenvalue weighted by atomic mass is 9.96. The number of aliphatic hydroxyl groups excluding tert-OH is 1. The molecule has 4 amide bonds. The largest absolute Gasteiger partial charge is 0.480 e. The maximum absolute atomic E-state index is 12.8. The molecule has 12 nitrogen and oxygen atoms in total. The zero-order valence-corrected chi connectivity index (χ0v) is 19.3. The predicted octanol–water partition coefficient (Wildman–Crippen LogP) is -1.80. The zero-order chi connectivity index (χ0) is 25.2. The molecule has 6 atom stereocenters. The second kappa shape index (κ2) is 13.6. The van der Waals surface area contributed by atoms with Crippen LogP contribution in [0.25, 0.3) is 0 Å². The highest BCUT2D eigenvalue weighted by Crippen LogP contribution is 2.11. The van der Waals surface area contributed by atoms with E-state index in [0.29, 0.717) is 6.42 Å². The van der Waals surface area contributed by atoms with Crippen molar-refractivity contribution in [1.82, 2.24) is 16.0 Å². The summed E-state index contributed by atoms with van der Waals surface area (Å²) in [6.45, 7) is 8.38. The van der Waals surface area contributed by atoms with Crippen molar-refractivity contribution in [2.45, 2.75) is 84.2 Å². The predicted molar refractivity (Wildman–Crippen MR) is 116 cm³/mol. The number of aliphatic hydroxyl groups is 1. The van der Waals surface area contributed by atoms with Crippen LogP contribution in [0.2, 0.25) is 0 Å². The van der Waals surface area contributed by atoms with Gasteiger partial charge in [-0.05, 0) is 25.2 Å². The summed E-state index contributed by atoms with van der Waals surface area (Å²) in [6.07, 6.45) is -1.11. The van der Waals surface area contributed by atoms with Crippen molar-refractivity contribution in [3.63, 3.8) is 0 Å². The first-order valence-electron chi connectivity index (χ1n) is 10.6. The number of amides is 4. The van der Waals surface area contributed by atoms with E-state index < -0.39 is 72.2 Å². The first-order valence-corrected chi connectivity index (χ1v) is 10.6. The van der Waals surface area contributed by atoms with E-state index >= 15 is 0 Å². The number of rotatable bonds is 14. The molecule has 0 aromatic heterocycles. The van der Waals surface area contributed by atoms with Crippen molar-refractivity contribution in [2.75, 3.05) is 0 Å². The summed E-state index contributed by atoms with van der Waals surface area (Å²) < 4.78 is 0. The third-order valence-electron chi connectivity index (χ3n) is 4.98. The molecular weight excluding hydrogens is 422 g/mol. The lowest BCUT2D eigenvalue weighted by molar-refractivity contribution is -0.143. The normalized spacial score (nSPS) is 16.8. The van der Waals surface area contributed by atoms with Crippen LogP contribution in [-0.2, 0) is 24.0 Å². The first-order chi connectivity index (χ1) is 14.7. The Balaban J connectivity index is 5.59. The van der Waals surface area contributed by atoms with Crippen molar-refractivity contribution in [2.24, 2.45) is 23.3 Å². The van der Waals surface area contributed by atoms with Gasteiger partial charge >= 0.3 is 5.97 Å². The summed E-state index contributed by atoms with van der Waals surface area (Å²) in [6, 6.07) is -5.05. The minimum absolute atomic E-state index is 0.00123. The van der Waals surface area contributed by atoms with Gasteiger partial charge in [0.05, 0.1) is 12.5 Å². The summed E-state index contributed by atoms with van der Waals surface area (Å²) >= 11 is 0. The van der Waals surface area contributed by atoms with Gasteiger partial charge in [0.2, 0.25) is 23.6 Å². The molecule has 12 heteroatoms. The Hall–Kier alpha value is -2.73. The maximum Gasteiger partial charge on any atom is 0.326 e. The average molecular weight is 460 g/mol. The zero-order valence-electron chi connectivity index (χ0n) is 19.3. The van der Waals surface area contributed by atoms with Crippen LogP contribution in [-0.4, -0.2) is 70.1 Å². The fourth-order valence-corrected chi connectivity index (χ4v) is 2.81. The van der Waals surface area contributed by atoms with Crippen LogP contribution in [0.15, 0.2) is 0 Å². The van der Waals surface area contributed by atoms with Crippen LogP contribution >= 0.6 is 0 Å². The van der Waals surface area contributed by atoms with Crippen molar-refractivity contribution >= 4 is 29.6 Å². The molecule has 0 fully saturated rings. The van der Waals surface area contributed by atoms with E-state index in [9.17, 15) is 34.2 Å². The molecule has 0 saturated carbocycles. The van der Waals surface area contributed by atoms with Crippen molar-refractivity contribution < 1.29 is 34.2 Å². The molecule has 0 aromatic rings. The van der Waals surface area contributed by atoms with Gasteiger partial charge in [0.1, 0.15) is 24.2 Å². The molecule has 0 aliphatic heterocycles. The number of carbonyl (C=O) groups excluding carboxylic acids is 4. The van der Waals surface area contributed by atoms with E-state index in [0.717, 1.165) is 0 Å². The minimum Gasteiger partial charge on any atom is -0.480 e. The number of carboxylic acid groups (broad SMARTS) is 1. The van der Waals surface area contributed by atoms with Gasteiger partial charge in [0.25, 0.3) is 0 Å². The summed E-state index contributed by atoms with van der Waals surface area (Å²) in [7, 11) is 0. The Morgan fingerprint density at radius 1 is 0.875 bits per heavy atom. The number of nitrogens with one attached hydrogen (secondary N) is 3. The first kappa shape index (κ1) is 29.3. The van der Waals surface area contributed by atoms with Crippen molar-refractivity contribution in [3.05, 3.63) is 0 Å². The number of aliphatic carboxylic acids is 1. The van der Waals surface area contributed by atoms with Gasteiger partial charge in [0, 0.05) is 0 Å². The summed E-state index contributed by atoms with van der Waals surface area (Å²) in [5.41, 5.74) is 10.7. The second-order valence-corrected chi connectivity index (χ2v) is 8.40. The number of primary amides is 1. The van der Waals surface area contributed by atoms with Gasteiger partial charge in [-0.2, -0.15) is 0 Å². The highest BCUT2D eigenvalue weighted by molar-refractivity contribution is 5.96. The topological polar surface area (TPSA) is 214 Å². The van der Waals surface area contributed by atoms with E-state index in [1.54, 1.807) is 13.8 Å². The third kappa shape index (κ3) is 10.1. The SMILES string of the molecule is CCC(C)C(NC(=O)C(CC(N)=O)NC(=O)C(N)C(C)O)C(=O)NC(CC(C)C)C(=O)O. The molecule has 0 aliphatic carbocycles. The minimum atomic E-state index is -1.44. The monoisotopic (exact) mass is 459 g/mol. The van der Waals surface area contributed by atoms with Gasteiger partial charge in [-0.1, -0.05) is 34.1 Å². The van der Waals surface area contributed by atoms with Crippen molar-refractivity contribution in [1.29, 1.82) is 0 Å². The molecule has 6 unspecified atom stereocenters. The Morgan fingerprint density at radius 3 is 1.81 bits per heavy atom. The van der Waals surface area contributed by atoms with Gasteiger partial charge in [-0.3, -0.25) is 19.2 Å². The number of hydrogen-bond donors (Lipinski definition) is 7. The van der Waals surface area contributed by atoms with Gasteiger partial charge in [-0.15, -0.1) is 0 Å². The fraction of sp³-hybridized carbons (Fsp3) is 0.750. The Kier molecular flexibility index (Phi) is 12.5. The van der Waals surface area contributed by atoms with Crippen molar-refractivity contribution in [3.8, 4) is 0 Å². The molecule has 0 radical (unpaired) electrons. The average Bonchev–Trinajstić information content (AvgIpc) is 2.68. The molecule has 0 spiro atoms. The van der Waals surface area contributed by atoms with E-state index in [-0.39, 0.29) is 12.3 Å². The standard InChI is InChI=1S/C20H37N5O7/c1-6-10(4)16(19(30)24-13(20(31)32)7-9(2)3)25-17(28)12(8-14(21)27)23-18(29)15(22)11(5)26/h9-13,15-16,26H,6-8,22H2,1-5H3,(H2,21,27)(H,23,29)(H,24,30)(H,25,28)(H,31,32).